The van der Waals surface area contributed by atoms with Gasteiger partial charge in [-0.05, 0) is 39.3 Å². The van der Waals surface area contributed by atoms with Crippen LogP contribution >= 0.6 is 0 Å². The number of aliphatic hydroxyl groups is 1. The van der Waals surface area contributed by atoms with Crippen molar-refractivity contribution in [3.05, 3.63) is 34.8 Å². The van der Waals surface area contributed by atoms with Gasteiger partial charge in [0.2, 0.25) is 0 Å². The molecule has 18 heavy (non-hydrogen) atoms. The lowest BCUT2D eigenvalue weighted by molar-refractivity contribution is 0.300. The third kappa shape index (κ3) is 1.47. The van der Waals surface area contributed by atoms with Gasteiger partial charge in [0.15, 0.2) is 0 Å². The Morgan fingerprint density at radius 2 is 1.56 bits per heavy atom. The molecule has 0 aliphatic heterocycles. The van der Waals surface area contributed by atoms with E-state index in [0.29, 0.717) is 6.42 Å². The van der Waals surface area contributed by atoms with E-state index in [4.69, 9.17) is 8.83 Å². The van der Waals surface area contributed by atoms with Crippen molar-refractivity contribution in [2.45, 2.75) is 27.2 Å². The third-order valence-corrected chi connectivity index (χ3v) is 3.42. The Labute approximate surface area is 105 Å². The summed E-state index contributed by atoms with van der Waals surface area (Å²) in [5.41, 5.74) is 3.93. The van der Waals surface area contributed by atoms with Crippen molar-refractivity contribution in [1.29, 1.82) is 0 Å². The molecule has 0 bridgehead atoms. The maximum Gasteiger partial charge on any atom is 0.138 e. The van der Waals surface area contributed by atoms with Gasteiger partial charge in [-0.3, -0.25) is 0 Å². The molecule has 0 amide bonds. The number of aliphatic hydroxyl groups excluding tert-OH is 1. The molecule has 3 nitrogen and oxygen atoms in total. The van der Waals surface area contributed by atoms with Gasteiger partial charge in [-0.1, -0.05) is 0 Å². The lowest BCUT2D eigenvalue weighted by atomic mass is 10.00. The van der Waals surface area contributed by atoms with Crippen LogP contribution < -0.4 is 0 Å². The molecular weight excluding hydrogens is 228 g/mol. The lowest BCUT2D eigenvalue weighted by Gasteiger charge is -2.05. The smallest absolute Gasteiger partial charge is 0.138 e. The van der Waals surface area contributed by atoms with E-state index >= 15 is 0 Å². The molecule has 2 heterocycles. The molecule has 0 atom stereocenters. The quantitative estimate of drug-likeness (QED) is 0.748. The zero-order chi connectivity index (χ0) is 12.9. The molecule has 0 spiro atoms. The van der Waals surface area contributed by atoms with Gasteiger partial charge in [0, 0.05) is 28.5 Å². The predicted octanol–water partition coefficient (Wildman–Crippen LogP) is 3.64. The number of benzene rings is 1. The highest BCUT2D eigenvalue weighted by Crippen LogP contribution is 2.36. The monoisotopic (exact) mass is 244 g/mol. The van der Waals surface area contributed by atoms with Gasteiger partial charge in [-0.25, -0.2) is 0 Å². The molecule has 0 saturated carbocycles. The number of hydrogen-bond donors (Lipinski definition) is 1. The normalized spacial score (nSPS) is 11.8. The second-order valence-electron chi connectivity index (χ2n) is 4.78. The number of hydrogen-bond acceptors (Lipinski definition) is 3. The first-order chi connectivity index (χ1) is 8.61. The van der Waals surface area contributed by atoms with E-state index in [0.717, 1.165) is 44.6 Å². The molecular formula is C15H16O3. The SMILES string of the molecule is Cc1cc2c(CCO)c3oc(C)cc3c(C)c2o1. The second-order valence-corrected chi connectivity index (χ2v) is 4.78. The van der Waals surface area contributed by atoms with Gasteiger partial charge in [0.25, 0.3) is 0 Å². The van der Waals surface area contributed by atoms with Crippen LogP contribution in [-0.4, -0.2) is 11.7 Å². The number of furan rings is 2. The second kappa shape index (κ2) is 3.89. The fourth-order valence-electron chi connectivity index (χ4n) is 2.64. The van der Waals surface area contributed by atoms with Gasteiger partial charge in [0.05, 0.1) is 0 Å². The zero-order valence-electron chi connectivity index (χ0n) is 10.8. The Bertz CT molecular complexity index is 673. The van der Waals surface area contributed by atoms with Crippen LogP contribution in [0.5, 0.6) is 0 Å². The van der Waals surface area contributed by atoms with Crippen molar-refractivity contribution < 1.29 is 13.9 Å². The van der Waals surface area contributed by atoms with Gasteiger partial charge < -0.3 is 13.9 Å². The average Bonchev–Trinajstić information content (AvgIpc) is 2.88. The Hall–Kier alpha value is -1.74. The van der Waals surface area contributed by atoms with E-state index in [-0.39, 0.29) is 6.61 Å². The average molecular weight is 244 g/mol. The van der Waals surface area contributed by atoms with Crippen molar-refractivity contribution in [2.24, 2.45) is 0 Å². The van der Waals surface area contributed by atoms with Crippen LogP contribution in [0.3, 0.4) is 0 Å². The Balaban J connectivity index is 2.51. The fourth-order valence-corrected chi connectivity index (χ4v) is 2.64. The molecule has 0 fully saturated rings. The van der Waals surface area contributed by atoms with Gasteiger partial charge >= 0.3 is 0 Å². The number of aryl methyl sites for hydroxylation is 3. The first-order valence-corrected chi connectivity index (χ1v) is 6.14. The fraction of sp³-hybridized carbons (Fsp3) is 0.333. The van der Waals surface area contributed by atoms with Gasteiger partial charge in [0.1, 0.15) is 22.7 Å². The largest absolute Gasteiger partial charge is 0.461 e. The highest BCUT2D eigenvalue weighted by molar-refractivity contribution is 6.01. The van der Waals surface area contributed by atoms with Crippen LogP contribution in [0, 0.1) is 20.8 Å². The van der Waals surface area contributed by atoms with Crippen LogP contribution in [0.15, 0.2) is 21.0 Å². The third-order valence-electron chi connectivity index (χ3n) is 3.42. The van der Waals surface area contributed by atoms with Crippen LogP contribution in [0.4, 0.5) is 0 Å². The van der Waals surface area contributed by atoms with Crippen molar-refractivity contribution in [3.63, 3.8) is 0 Å². The summed E-state index contributed by atoms with van der Waals surface area (Å²) in [6.45, 7) is 6.03. The molecule has 1 aromatic carbocycles. The minimum atomic E-state index is 0.108. The van der Waals surface area contributed by atoms with Crippen molar-refractivity contribution >= 4 is 21.9 Å². The molecule has 3 heteroatoms. The summed E-state index contributed by atoms with van der Waals surface area (Å²) in [6, 6.07) is 4.05. The Morgan fingerprint density at radius 1 is 0.944 bits per heavy atom. The van der Waals surface area contributed by atoms with E-state index < -0.39 is 0 Å². The van der Waals surface area contributed by atoms with E-state index in [9.17, 15) is 5.11 Å². The van der Waals surface area contributed by atoms with Gasteiger partial charge in [-0.2, -0.15) is 0 Å². The van der Waals surface area contributed by atoms with Gasteiger partial charge in [-0.15, -0.1) is 0 Å². The van der Waals surface area contributed by atoms with Crippen molar-refractivity contribution in [1.82, 2.24) is 0 Å². The van der Waals surface area contributed by atoms with Crippen LogP contribution in [0.1, 0.15) is 22.6 Å². The predicted molar refractivity (Wildman–Crippen MR) is 71.0 cm³/mol. The molecule has 1 N–H and O–H groups in total. The summed E-state index contributed by atoms with van der Waals surface area (Å²) in [5.74, 6) is 1.77. The molecule has 0 radical (unpaired) electrons. The summed E-state index contributed by atoms with van der Waals surface area (Å²) >= 11 is 0. The number of fused-ring (bicyclic) bond motifs is 2. The Kier molecular flexibility index (Phi) is 2.45. The summed E-state index contributed by atoms with van der Waals surface area (Å²) in [7, 11) is 0. The molecule has 0 saturated heterocycles. The number of rotatable bonds is 2. The van der Waals surface area contributed by atoms with E-state index in [2.05, 4.69) is 0 Å². The van der Waals surface area contributed by atoms with Crippen LogP contribution in [0.2, 0.25) is 0 Å². The minimum absolute atomic E-state index is 0.108. The first kappa shape index (κ1) is 11.4. The molecule has 0 unspecified atom stereocenters. The van der Waals surface area contributed by atoms with Crippen LogP contribution in [-0.2, 0) is 6.42 Å². The molecule has 94 valence electrons. The topological polar surface area (TPSA) is 46.5 Å². The molecule has 2 aromatic heterocycles. The maximum absolute atomic E-state index is 9.25. The van der Waals surface area contributed by atoms with E-state index in [1.807, 2.05) is 32.9 Å². The Morgan fingerprint density at radius 3 is 2.22 bits per heavy atom. The molecule has 0 aliphatic carbocycles. The zero-order valence-corrected chi connectivity index (χ0v) is 10.8. The minimum Gasteiger partial charge on any atom is -0.461 e. The van der Waals surface area contributed by atoms with Crippen molar-refractivity contribution in [2.75, 3.05) is 6.61 Å². The van der Waals surface area contributed by atoms with Crippen LogP contribution in [0.25, 0.3) is 21.9 Å². The lowest BCUT2D eigenvalue weighted by Crippen LogP contribution is -1.93. The maximum atomic E-state index is 9.25. The highest BCUT2D eigenvalue weighted by atomic mass is 16.3. The van der Waals surface area contributed by atoms with E-state index in [1.54, 1.807) is 0 Å². The molecule has 3 aromatic rings. The summed E-state index contributed by atoms with van der Waals surface area (Å²) in [5, 5.41) is 11.4. The van der Waals surface area contributed by atoms with Crippen molar-refractivity contribution in [3.8, 4) is 0 Å². The summed E-state index contributed by atoms with van der Waals surface area (Å²) < 4.78 is 11.6. The molecule has 0 aliphatic rings. The van der Waals surface area contributed by atoms with E-state index in [1.165, 1.54) is 0 Å². The summed E-state index contributed by atoms with van der Waals surface area (Å²) in [4.78, 5) is 0. The standard InChI is InChI=1S/C15H16O3/c1-8-6-12-10(3)14-13(7-9(2)17-14)11(4-5-16)15(12)18-8/h6-7,16H,4-5H2,1-3H3. The summed E-state index contributed by atoms with van der Waals surface area (Å²) in [6.07, 6.45) is 0.583. The highest BCUT2D eigenvalue weighted by Gasteiger charge is 2.17. The first-order valence-electron chi connectivity index (χ1n) is 6.14. The molecule has 3 rings (SSSR count).